The number of rotatable bonds is 4. The topological polar surface area (TPSA) is 15.3 Å². The van der Waals surface area contributed by atoms with Crippen molar-refractivity contribution in [3.63, 3.8) is 0 Å². The van der Waals surface area contributed by atoms with Crippen molar-refractivity contribution in [2.24, 2.45) is 0 Å². The second-order valence-corrected chi connectivity index (χ2v) is 7.55. The first-order valence-electron chi connectivity index (χ1n) is 8.38. The van der Waals surface area contributed by atoms with Gasteiger partial charge in [-0.1, -0.05) is 39.8 Å². The van der Waals surface area contributed by atoms with Gasteiger partial charge in [0.25, 0.3) is 0 Å². The summed E-state index contributed by atoms with van der Waals surface area (Å²) in [5.41, 5.74) is 6.10. The van der Waals surface area contributed by atoms with Crippen molar-refractivity contribution in [3.8, 4) is 0 Å². The standard InChI is InChI=1S/C19H32N2/c1-7-21(17-8-9-20-12-17)13-18-14(2)10-16(11-15(18)3)19(4,5)6/h10-11,17,20H,7-9,12-13H2,1-6H3. The monoisotopic (exact) mass is 288 g/mol. The minimum atomic E-state index is 0.230. The highest BCUT2D eigenvalue weighted by Gasteiger charge is 2.23. The Hall–Kier alpha value is -0.860. The minimum Gasteiger partial charge on any atom is -0.315 e. The van der Waals surface area contributed by atoms with Crippen molar-refractivity contribution in [2.45, 2.75) is 66.0 Å². The van der Waals surface area contributed by atoms with E-state index in [1.807, 2.05) is 0 Å². The van der Waals surface area contributed by atoms with E-state index in [2.05, 4.69) is 63.9 Å². The molecule has 0 spiro atoms. The fourth-order valence-electron chi connectivity index (χ4n) is 3.33. The number of nitrogens with one attached hydrogen (secondary N) is 1. The summed E-state index contributed by atoms with van der Waals surface area (Å²) in [4.78, 5) is 2.63. The van der Waals surface area contributed by atoms with Crippen LogP contribution in [0.4, 0.5) is 0 Å². The van der Waals surface area contributed by atoms with E-state index >= 15 is 0 Å². The van der Waals surface area contributed by atoms with Crippen molar-refractivity contribution in [1.29, 1.82) is 0 Å². The molecule has 1 N–H and O–H groups in total. The quantitative estimate of drug-likeness (QED) is 0.907. The largest absolute Gasteiger partial charge is 0.315 e. The highest BCUT2D eigenvalue weighted by atomic mass is 15.2. The van der Waals surface area contributed by atoms with E-state index in [-0.39, 0.29) is 5.41 Å². The SMILES string of the molecule is CCN(Cc1c(C)cc(C(C)(C)C)cc1C)C1CCNC1. The zero-order chi connectivity index (χ0) is 15.6. The molecule has 1 fully saturated rings. The van der Waals surface area contributed by atoms with E-state index in [1.165, 1.54) is 35.2 Å². The summed E-state index contributed by atoms with van der Waals surface area (Å²) in [7, 11) is 0. The predicted octanol–water partition coefficient (Wildman–Crippen LogP) is 3.78. The lowest BCUT2D eigenvalue weighted by molar-refractivity contribution is 0.209. The van der Waals surface area contributed by atoms with Crippen LogP contribution in [-0.4, -0.2) is 30.6 Å². The van der Waals surface area contributed by atoms with Crippen LogP contribution < -0.4 is 5.32 Å². The summed E-state index contributed by atoms with van der Waals surface area (Å²) in [6.45, 7) is 18.3. The van der Waals surface area contributed by atoms with Crippen LogP contribution in [0.2, 0.25) is 0 Å². The molecule has 0 aliphatic carbocycles. The maximum absolute atomic E-state index is 3.49. The van der Waals surface area contributed by atoms with Crippen LogP contribution >= 0.6 is 0 Å². The molecule has 1 aromatic carbocycles. The Morgan fingerprint density at radius 3 is 2.24 bits per heavy atom. The summed E-state index contributed by atoms with van der Waals surface area (Å²) < 4.78 is 0. The van der Waals surface area contributed by atoms with E-state index in [0.717, 1.165) is 19.6 Å². The number of likely N-dealkylation sites (N-methyl/N-ethyl adjacent to an activating group) is 1. The first-order valence-corrected chi connectivity index (χ1v) is 8.38. The van der Waals surface area contributed by atoms with E-state index < -0.39 is 0 Å². The van der Waals surface area contributed by atoms with Crippen LogP contribution in [0.15, 0.2) is 12.1 Å². The molecule has 1 heterocycles. The average molecular weight is 288 g/mol. The van der Waals surface area contributed by atoms with Gasteiger partial charge in [-0.25, -0.2) is 0 Å². The summed E-state index contributed by atoms with van der Waals surface area (Å²) in [5.74, 6) is 0. The van der Waals surface area contributed by atoms with Crippen LogP contribution in [0.3, 0.4) is 0 Å². The van der Waals surface area contributed by atoms with E-state index in [1.54, 1.807) is 0 Å². The van der Waals surface area contributed by atoms with E-state index in [4.69, 9.17) is 0 Å². The molecule has 2 heteroatoms. The number of hydrogen-bond donors (Lipinski definition) is 1. The number of hydrogen-bond acceptors (Lipinski definition) is 2. The van der Waals surface area contributed by atoms with Crippen molar-refractivity contribution >= 4 is 0 Å². The van der Waals surface area contributed by atoms with E-state index in [0.29, 0.717) is 6.04 Å². The van der Waals surface area contributed by atoms with Crippen LogP contribution in [0.1, 0.15) is 56.4 Å². The van der Waals surface area contributed by atoms with Crippen molar-refractivity contribution in [3.05, 3.63) is 34.4 Å². The predicted molar refractivity (Wildman–Crippen MR) is 92.0 cm³/mol. The lowest BCUT2D eigenvalue weighted by atomic mass is 9.83. The molecule has 0 saturated carbocycles. The normalized spacial score (nSPS) is 19.5. The third-order valence-electron chi connectivity index (χ3n) is 4.88. The van der Waals surface area contributed by atoms with Crippen molar-refractivity contribution in [2.75, 3.05) is 19.6 Å². The first-order chi connectivity index (χ1) is 9.82. The van der Waals surface area contributed by atoms with Gasteiger partial charge < -0.3 is 5.32 Å². The van der Waals surface area contributed by atoms with Gasteiger partial charge in [0.2, 0.25) is 0 Å². The number of benzene rings is 1. The molecule has 0 aromatic heterocycles. The maximum Gasteiger partial charge on any atom is 0.0242 e. The fraction of sp³-hybridized carbons (Fsp3) is 0.684. The second-order valence-electron chi connectivity index (χ2n) is 7.55. The third-order valence-corrected chi connectivity index (χ3v) is 4.88. The van der Waals surface area contributed by atoms with Gasteiger partial charge in [-0.15, -0.1) is 0 Å². The van der Waals surface area contributed by atoms with Crippen LogP contribution in [-0.2, 0) is 12.0 Å². The summed E-state index contributed by atoms with van der Waals surface area (Å²) in [5, 5.41) is 3.49. The van der Waals surface area contributed by atoms with Gasteiger partial charge >= 0.3 is 0 Å². The Labute approximate surface area is 130 Å². The lowest BCUT2D eigenvalue weighted by Crippen LogP contribution is -2.36. The zero-order valence-corrected chi connectivity index (χ0v) is 14.7. The third kappa shape index (κ3) is 3.87. The van der Waals surface area contributed by atoms with Gasteiger partial charge in [0.15, 0.2) is 0 Å². The van der Waals surface area contributed by atoms with Crippen LogP contribution in [0, 0.1) is 13.8 Å². The first kappa shape index (κ1) is 16.5. The molecule has 1 aliphatic rings. The summed E-state index contributed by atoms with van der Waals surface area (Å²) in [6.07, 6.45) is 1.28. The van der Waals surface area contributed by atoms with Gasteiger partial charge in [-0.05, 0) is 61.0 Å². The molecular formula is C19H32N2. The van der Waals surface area contributed by atoms with Crippen molar-refractivity contribution in [1.82, 2.24) is 10.2 Å². The Morgan fingerprint density at radius 1 is 1.19 bits per heavy atom. The number of aryl methyl sites for hydroxylation is 2. The lowest BCUT2D eigenvalue weighted by Gasteiger charge is -2.29. The molecule has 1 saturated heterocycles. The zero-order valence-electron chi connectivity index (χ0n) is 14.7. The van der Waals surface area contributed by atoms with Gasteiger partial charge in [-0.2, -0.15) is 0 Å². The van der Waals surface area contributed by atoms with Crippen LogP contribution in [0.25, 0.3) is 0 Å². The molecule has 1 aromatic rings. The number of nitrogens with zero attached hydrogens (tertiary/aromatic N) is 1. The molecule has 0 radical (unpaired) electrons. The highest BCUT2D eigenvalue weighted by molar-refractivity contribution is 5.40. The minimum absolute atomic E-state index is 0.230. The van der Waals surface area contributed by atoms with Gasteiger partial charge in [0.1, 0.15) is 0 Å². The van der Waals surface area contributed by atoms with Gasteiger partial charge in [0, 0.05) is 19.1 Å². The molecule has 2 rings (SSSR count). The summed E-state index contributed by atoms with van der Waals surface area (Å²) in [6, 6.07) is 5.49. The maximum atomic E-state index is 3.49. The van der Waals surface area contributed by atoms with Gasteiger partial charge in [-0.3, -0.25) is 4.90 Å². The molecule has 1 atom stereocenters. The Morgan fingerprint density at radius 2 is 1.81 bits per heavy atom. The molecule has 1 aliphatic heterocycles. The fourth-order valence-corrected chi connectivity index (χ4v) is 3.33. The smallest absolute Gasteiger partial charge is 0.0242 e. The van der Waals surface area contributed by atoms with Crippen LogP contribution in [0.5, 0.6) is 0 Å². The Bertz CT molecular complexity index is 456. The van der Waals surface area contributed by atoms with Gasteiger partial charge in [0.05, 0.1) is 0 Å². The summed E-state index contributed by atoms with van der Waals surface area (Å²) >= 11 is 0. The Kier molecular flexibility index (Phi) is 5.11. The molecule has 2 nitrogen and oxygen atoms in total. The second kappa shape index (κ2) is 6.50. The molecule has 1 unspecified atom stereocenters. The molecular weight excluding hydrogens is 256 g/mol. The molecule has 118 valence electrons. The average Bonchev–Trinajstić information content (AvgIpc) is 2.90. The molecule has 0 bridgehead atoms. The van der Waals surface area contributed by atoms with E-state index in [9.17, 15) is 0 Å². The Balaban J connectivity index is 2.23. The van der Waals surface area contributed by atoms with Crippen molar-refractivity contribution < 1.29 is 0 Å². The molecule has 0 amide bonds. The molecule has 21 heavy (non-hydrogen) atoms. The highest BCUT2D eigenvalue weighted by Crippen LogP contribution is 2.28.